The van der Waals surface area contributed by atoms with E-state index in [1.807, 2.05) is 0 Å². The SMILES string of the molecule is CC1CC(n2ncc(COc3ccc(-n4cnnn4)cc3F)n2)CCN1.Cl. The third kappa shape index (κ3) is 4.40. The van der Waals surface area contributed by atoms with Crippen LogP contribution in [0.3, 0.4) is 0 Å². The molecule has 144 valence electrons. The van der Waals surface area contributed by atoms with Gasteiger partial charge in [0.2, 0.25) is 0 Å². The zero-order valence-corrected chi connectivity index (χ0v) is 15.5. The predicted molar refractivity (Wildman–Crippen MR) is 96.4 cm³/mol. The van der Waals surface area contributed by atoms with Gasteiger partial charge in [-0.1, -0.05) is 0 Å². The highest BCUT2D eigenvalue weighted by molar-refractivity contribution is 5.85. The molecule has 3 heterocycles. The molecule has 2 unspecified atom stereocenters. The van der Waals surface area contributed by atoms with Gasteiger partial charge < -0.3 is 10.1 Å². The third-order valence-corrected chi connectivity index (χ3v) is 4.38. The van der Waals surface area contributed by atoms with E-state index >= 15 is 0 Å². The van der Waals surface area contributed by atoms with Gasteiger partial charge in [-0.15, -0.1) is 17.5 Å². The van der Waals surface area contributed by atoms with Crippen LogP contribution < -0.4 is 10.1 Å². The fraction of sp³-hybridized carbons (Fsp3) is 0.438. The average Bonchev–Trinajstić information content (AvgIpc) is 3.33. The van der Waals surface area contributed by atoms with Crippen LogP contribution in [0.1, 0.15) is 31.5 Å². The summed E-state index contributed by atoms with van der Waals surface area (Å²) in [5.41, 5.74) is 1.19. The molecule has 1 aliphatic heterocycles. The van der Waals surface area contributed by atoms with E-state index in [-0.39, 0.29) is 30.8 Å². The van der Waals surface area contributed by atoms with Crippen molar-refractivity contribution in [1.29, 1.82) is 0 Å². The molecule has 2 aromatic heterocycles. The molecule has 0 aliphatic carbocycles. The van der Waals surface area contributed by atoms with Crippen LogP contribution in [0.2, 0.25) is 0 Å². The normalized spacial score (nSPS) is 19.5. The molecule has 0 spiro atoms. The first-order chi connectivity index (χ1) is 12.7. The molecule has 1 N–H and O–H groups in total. The van der Waals surface area contributed by atoms with Crippen LogP contribution in [0.25, 0.3) is 5.69 Å². The second-order valence-corrected chi connectivity index (χ2v) is 6.35. The van der Waals surface area contributed by atoms with Gasteiger partial charge in [0, 0.05) is 12.1 Å². The fourth-order valence-corrected chi connectivity index (χ4v) is 3.05. The number of nitrogens with zero attached hydrogens (tertiary/aromatic N) is 7. The molecule has 9 nitrogen and oxygen atoms in total. The highest BCUT2D eigenvalue weighted by atomic mass is 35.5. The van der Waals surface area contributed by atoms with Gasteiger partial charge in [0.1, 0.15) is 18.6 Å². The molecule has 1 aromatic carbocycles. The van der Waals surface area contributed by atoms with Gasteiger partial charge in [-0.05, 0) is 48.9 Å². The van der Waals surface area contributed by atoms with Crippen molar-refractivity contribution in [3.8, 4) is 11.4 Å². The van der Waals surface area contributed by atoms with E-state index in [1.165, 1.54) is 17.1 Å². The van der Waals surface area contributed by atoms with Crippen molar-refractivity contribution >= 4 is 12.4 Å². The Morgan fingerprint density at radius 2 is 2.26 bits per heavy atom. The monoisotopic (exact) mass is 394 g/mol. The lowest BCUT2D eigenvalue weighted by atomic mass is 10.0. The number of piperidine rings is 1. The van der Waals surface area contributed by atoms with Crippen LogP contribution in [0.15, 0.2) is 30.7 Å². The molecular formula is C16H20ClFN8O. The minimum absolute atomic E-state index is 0. The Hall–Kier alpha value is -2.59. The number of halogens is 2. The first-order valence-electron chi connectivity index (χ1n) is 8.49. The Morgan fingerprint density at radius 1 is 1.37 bits per heavy atom. The van der Waals surface area contributed by atoms with E-state index in [1.54, 1.807) is 23.1 Å². The molecule has 3 aromatic rings. The average molecular weight is 395 g/mol. The number of nitrogens with one attached hydrogen (secondary N) is 1. The molecule has 1 aliphatic rings. The maximum absolute atomic E-state index is 14.2. The first kappa shape index (κ1) is 19.2. The third-order valence-electron chi connectivity index (χ3n) is 4.38. The van der Waals surface area contributed by atoms with E-state index < -0.39 is 5.82 Å². The van der Waals surface area contributed by atoms with Gasteiger partial charge in [0.15, 0.2) is 11.6 Å². The van der Waals surface area contributed by atoms with E-state index in [0.29, 0.717) is 17.4 Å². The number of rotatable bonds is 5. The lowest BCUT2D eigenvalue weighted by Gasteiger charge is -2.27. The first-order valence-corrected chi connectivity index (χ1v) is 8.49. The summed E-state index contributed by atoms with van der Waals surface area (Å²) in [7, 11) is 0. The van der Waals surface area contributed by atoms with Crippen molar-refractivity contribution in [3.63, 3.8) is 0 Å². The van der Waals surface area contributed by atoms with Crippen LogP contribution >= 0.6 is 12.4 Å². The Morgan fingerprint density at radius 3 is 3.00 bits per heavy atom. The summed E-state index contributed by atoms with van der Waals surface area (Å²) < 4.78 is 21.2. The molecule has 4 rings (SSSR count). The largest absolute Gasteiger partial charge is 0.484 e. The maximum atomic E-state index is 14.2. The minimum Gasteiger partial charge on any atom is -0.484 e. The standard InChI is InChI=1S/C16H19FN8O.ClH/c1-11-6-14(4-5-18-11)25-20-8-12(21-25)9-26-16-3-2-13(7-15(16)17)24-10-19-22-23-24;/h2-3,7-8,10-11,14,18H,4-6,9H2,1H3;1H. The number of ether oxygens (including phenoxy) is 1. The second-order valence-electron chi connectivity index (χ2n) is 6.35. The van der Waals surface area contributed by atoms with Crippen molar-refractivity contribution in [2.75, 3.05) is 6.54 Å². The van der Waals surface area contributed by atoms with Crippen LogP contribution in [0.5, 0.6) is 5.75 Å². The molecule has 0 radical (unpaired) electrons. The summed E-state index contributed by atoms with van der Waals surface area (Å²) in [4.78, 5) is 1.74. The smallest absolute Gasteiger partial charge is 0.167 e. The van der Waals surface area contributed by atoms with Crippen molar-refractivity contribution in [2.24, 2.45) is 0 Å². The molecule has 0 amide bonds. The molecule has 2 atom stereocenters. The van der Waals surface area contributed by atoms with Gasteiger partial charge >= 0.3 is 0 Å². The van der Waals surface area contributed by atoms with E-state index in [0.717, 1.165) is 19.4 Å². The van der Waals surface area contributed by atoms with Crippen molar-refractivity contribution < 1.29 is 9.13 Å². The van der Waals surface area contributed by atoms with Crippen LogP contribution in [-0.2, 0) is 6.61 Å². The van der Waals surface area contributed by atoms with Gasteiger partial charge in [-0.2, -0.15) is 15.0 Å². The van der Waals surface area contributed by atoms with E-state index in [2.05, 4.69) is 38.0 Å². The zero-order valence-electron chi connectivity index (χ0n) is 14.7. The molecule has 1 fully saturated rings. The van der Waals surface area contributed by atoms with Crippen molar-refractivity contribution in [3.05, 3.63) is 42.2 Å². The fourth-order valence-electron chi connectivity index (χ4n) is 3.05. The highest BCUT2D eigenvalue weighted by Crippen LogP contribution is 2.22. The summed E-state index contributed by atoms with van der Waals surface area (Å²) in [5.74, 6) is -0.343. The Bertz CT molecular complexity index is 871. The van der Waals surface area contributed by atoms with E-state index in [9.17, 15) is 4.39 Å². The van der Waals surface area contributed by atoms with Crippen LogP contribution in [0, 0.1) is 5.82 Å². The van der Waals surface area contributed by atoms with Crippen molar-refractivity contribution in [2.45, 2.75) is 38.5 Å². The predicted octanol–water partition coefficient (Wildman–Crippen LogP) is 1.71. The second kappa shape index (κ2) is 8.40. The lowest BCUT2D eigenvalue weighted by Crippen LogP contribution is -2.37. The maximum Gasteiger partial charge on any atom is 0.167 e. The molecule has 0 bridgehead atoms. The number of benzene rings is 1. The van der Waals surface area contributed by atoms with E-state index in [4.69, 9.17) is 4.74 Å². The van der Waals surface area contributed by atoms with Crippen LogP contribution in [0.4, 0.5) is 4.39 Å². The molecule has 11 heteroatoms. The highest BCUT2D eigenvalue weighted by Gasteiger charge is 2.21. The summed E-state index contributed by atoms with van der Waals surface area (Å²) in [6.07, 6.45) is 5.05. The number of aromatic nitrogens is 7. The minimum atomic E-state index is -0.488. The number of hydrogen-bond acceptors (Lipinski definition) is 7. The van der Waals surface area contributed by atoms with Gasteiger partial charge in [-0.25, -0.2) is 9.07 Å². The van der Waals surface area contributed by atoms with Gasteiger partial charge in [0.25, 0.3) is 0 Å². The zero-order chi connectivity index (χ0) is 17.9. The topological polar surface area (TPSA) is 95.6 Å². The summed E-state index contributed by atoms with van der Waals surface area (Å²) in [6.45, 7) is 3.27. The quantitative estimate of drug-likeness (QED) is 0.703. The molecule has 0 saturated carbocycles. The molecular weight excluding hydrogens is 375 g/mol. The van der Waals surface area contributed by atoms with Crippen LogP contribution in [-0.4, -0.2) is 47.8 Å². The number of hydrogen-bond donors (Lipinski definition) is 1. The Labute approximate surface area is 161 Å². The summed E-state index contributed by atoms with van der Waals surface area (Å²) in [5, 5.41) is 23.0. The summed E-state index contributed by atoms with van der Waals surface area (Å²) >= 11 is 0. The summed E-state index contributed by atoms with van der Waals surface area (Å²) in [6, 6.07) is 5.28. The van der Waals surface area contributed by atoms with Crippen molar-refractivity contribution in [1.82, 2.24) is 40.5 Å². The number of tetrazole rings is 1. The van der Waals surface area contributed by atoms with Gasteiger partial charge in [0.05, 0.1) is 17.9 Å². The molecule has 1 saturated heterocycles. The lowest BCUT2D eigenvalue weighted by molar-refractivity contribution is 0.262. The Balaban J connectivity index is 0.00000210. The molecule has 27 heavy (non-hydrogen) atoms. The van der Waals surface area contributed by atoms with Gasteiger partial charge in [-0.3, -0.25) is 0 Å². The Kier molecular flexibility index (Phi) is 5.97.